The van der Waals surface area contributed by atoms with E-state index >= 15 is 0 Å². The van der Waals surface area contributed by atoms with Crippen LogP contribution in [-0.4, -0.2) is 12.5 Å². The van der Waals surface area contributed by atoms with Gasteiger partial charge in [-0.15, -0.1) is 0 Å². The average molecular weight is 290 g/mol. The number of carbonyl (C=O) groups excluding carboxylic acids is 1. The molecule has 0 atom stereocenters. The van der Waals surface area contributed by atoms with E-state index in [4.69, 9.17) is 0 Å². The molecule has 2 rings (SSSR count). The molecule has 2 aromatic rings. The summed E-state index contributed by atoms with van der Waals surface area (Å²) >= 11 is 0. The van der Waals surface area contributed by atoms with Crippen molar-refractivity contribution in [2.75, 3.05) is 17.2 Å². The van der Waals surface area contributed by atoms with Gasteiger partial charge >= 0.3 is 0 Å². The quantitative estimate of drug-likeness (QED) is 0.902. The second-order valence-corrected chi connectivity index (χ2v) is 4.75. The van der Waals surface area contributed by atoms with E-state index in [0.717, 1.165) is 28.9 Å². The highest BCUT2D eigenvalue weighted by molar-refractivity contribution is 5.94. The number of hydrogen-bond acceptors (Lipinski definition) is 2. The molecule has 5 heteroatoms. The van der Waals surface area contributed by atoms with Crippen molar-refractivity contribution in [2.45, 2.75) is 13.8 Å². The van der Waals surface area contributed by atoms with Gasteiger partial charge in [-0.1, -0.05) is 18.2 Å². The summed E-state index contributed by atoms with van der Waals surface area (Å²) < 4.78 is 26.8. The minimum atomic E-state index is -0.796. The van der Waals surface area contributed by atoms with E-state index in [0.29, 0.717) is 0 Å². The van der Waals surface area contributed by atoms with Crippen LogP contribution in [0.3, 0.4) is 0 Å². The predicted molar refractivity (Wildman–Crippen MR) is 79.4 cm³/mol. The zero-order valence-electron chi connectivity index (χ0n) is 11.8. The van der Waals surface area contributed by atoms with Crippen LogP contribution in [0.5, 0.6) is 0 Å². The van der Waals surface area contributed by atoms with Crippen molar-refractivity contribution < 1.29 is 13.6 Å². The lowest BCUT2D eigenvalue weighted by Crippen LogP contribution is -2.23. The SMILES string of the molecule is Cc1cccc(NCC(=O)Nc2c(F)cccc2F)c1C. The van der Waals surface area contributed by atoms with E-state index in [1.165, 1.54) is 6.07 Å². The predicted octanol–water partition coefficient (Wildman–Crippen LogP) is 3.63. The monoisotopic (exact) mass is 290 g/mol. The summed E-state index contributed by atoms with van der Waals surface area (Å²) in [5.41, 5.74) is 2.52. The molecule has 21 heavy (non-hydrogen) atoms. The third-order valence-electron chi connectivity index (χ3n) is 3.27. The lowest BCUT2D eigenvalue weighted by Gasteiger charge is -2.12. The van der Waals surface area contributed by atoms with E-state index in [1.54, 1.807) is 0 Å². The summed E-state index contributed by atoms with van der Waals surface area (Å²) in [7, 11) is 0. The molecule has 0 saturated carbocycles. The zero-order chi connectivity index (χ0) is 15.4. The van der Waals surface area contributed by atoms with Crippen LogP contribution in [0.1, 0.15) is 11.1 Å². The number of rotatable bonds is 4. The van der Waals surface area contributed by atoms with E-state index < -0.39 is 23.2 Å². The van der Waals surface area contributed by atoms with Gasteiger partial charge in [-0.3, -0.25) is 4.79 Å². The van der Waals surface area contributed by atoms with Crippen LogP contribution in [0.2, 0.25) is 0 Å². The highest BCUT2D eigenvalue weighted by atomic mass is 19.1. The number of nitrogens with one attached hydrogen (secondary N) is 2. The molecule has 0 saturated heterocycles. The summed E-state index contributed by atoms with van der Waals surface area (Å²) in [5.74, 6) is -2.11. The third-order valence-corrected chi connectivity index (χ3v) is 3.27. The van der Waals surface area contributed by atoms with Crippen molar-refractivity contribution in [3.05, 3.63) is 59.2 Å². The molecule has 0 unspecified atom stereocenters. The Hall–Kier alpha value is -2.43. The average Bonchev–Trinajstić information content (AvgIpc) is 2.45. The number of anilines is 2. The van der Waals surface area contributed by atoms with Gasteiger partial charge < -0.3 is 10.6 Å². The van der Waals surface area contributed by atoms with E-state index in [1.807, 2.05) is 32.0 Å². The van der Waals surface area contributed by atoms with Gasteiger partial charge in [0.1, 0.15) is 17.3 Å². The molecule has 0 aliphatic heterocycles. The Labute approximate surface area is 122 Å². The maximum absolute atomic E-state index is 13.4. The van der Waals surface area contributed by atoms with Gasteiger partial charge in [0.15, 0.2) is 0 Å². The summed E-state index contributed by atoms with van der Waals surface area (Å²) in [6, 6.07) is 9.12. The van der Waals surface area contributed by atoms with Gasteiger partial charge in [0.25, 0.3) is 0 Å². The van der Waals surface area contributed by atoms with Crippen LogP contribution >= 0.6 is 0 Å². The fourth-order valence-corrected chi connectivity index (χ4v) is 1.92. The third kappa shape index (κ3) is 3.56. The van der Waals surface area contributed by atoms with Gasteiger partial charge in [0, 0.05) is 5.69 Å². The molecule has 0 aliphatic carbocycles. The van der Waals surface area contributed by atoms with Crippen molar-refractivity contribution in [2.24, 2.45) is 0 Å². The van der Waals surface area contributed by atoms with Gasteiger partial charge in [-0.2, -0.15) is 0 Å². The maximum atomic E-state index is 13.4. The molecule has 0 radical (unpaired) electrons. The molecule has 0 heterocycles. The van der Waals surface area contributed by atoms with Crippen LogP contribution in [0.4, 0.5) is 20.2 Å². The standard InChI is InChI=1S/C16H16F2N2O/c1-10-5-3-8-14(11(10)2)19-9-15(21)20-16-12(17)6-4-7-13(16)18/h3-8,19H,9H2,1-2H3,(H,20,21). The van der Waals surface area contributed by atoms with Crippen LogP contribution in [0, 0.1) is 25.5 Å². The van der Waals surface area contributed by atoms with Crippen molar-refractivity contribution in [3.8, 4) is 0 Å². The smallest absolute Gasteiger partial charge is 0.243 e. The first-order valence-corrected chi connectivity index (χ1v) is 6.53. The Morgan fingerprint density at radius 1 is 1.05 bits per heavy atom. The molecule has 2 aromatic carbocycles. The summed E-state index contributed by atoms with van der Waals surface area (Å²) in [6.07, 6.45) is 0. The lowest BCUT2D eigenvalue weighted by atomic mass is 10.1. The van der Waals surface area contributed by atoms with E-state index in [9.17, 15) is 13.6 Å². The van der Waals surface area contributed by atoms with Crippen molar-refractivity contribution in [1.29, 1.82) is 0 Å². The number of hydrogen-bond donors (Lipinski definition) is 2. The van der Waals surface area contributed by atoms with Gasteiger partial charge in [-0.25, -0.2) is 8.78 Å². The largest absolute Gasteiger partial charge is 0.376 e. The Morgan fingerprint density at radius 3 is 2.33 bits per heavy atom. The Bertz CT molecular complexity index is 651. The molecule has 0 aliphatic rings. The zero-order valence-corrected chi connectivity index (χ0v) is 11.8. The van der Waals surface area contributed by atoms with E-state index in [-0.39, 0.29) is 6.54 Å². The minimum Gasteiger partial charge on any atom is -0.376 e. The van der Waals surface area contributed by atoms with Crippen molar-refractivity contribution in [1.82, 2.24) is 0 Å². The Kier molecular flexibility index (Phi) is 4.52. The lowest BCUT2D eigenvalue weighted by molar-refractivity contribution is -0.114. The number of para-hydroxylation sites is 1. The van der Waals surface area contributed by atoms with E-state index in [2.05, 4.69) is 10.6 Å². The molecule has 0 bridgehead atoms. The second kappa shape index (κ2) is 6.35. The molecular weight excluding hydrogens is 274 g/mol. The summed E-state index contributed by atoms with van der Waals surface area (Å²) in [6.45, 7) is 3.83. The highest BCUT2D eigenvalue weighted by Crippen LogP contribution is 2.19. The second-order valence-electron chi connectivity index (χ2n) is 4.75. The number of benzene rings is 2. The summed E-state index contributed by atoms with van der Waals surface area (Å²) in [4.78, 5) is 11.8. The highest BCUT2D eigenvalue weighted by Gasteiger charge is 2.12. The fraction of sp³-hybridized carbons (Fsp3) is 0.188. The first-order chi connectivity index (χ1) is 9.99. The first kappa shape index (κ1) is 15.0. The Balaban J connectivity index is 2.01. The molecule has 110 valence electrons. The number of carbonyl (C=O) groups is 1. The maximum Gasteiger partial charge on any atom is 0.243 e. The molecule has 3 nitrogen and oxygen atoms in total. The van der Waals surface area contributed by atoms with Crippen LogP contribution in [0.25, 0.3) is 0 Å². The van der Waals surface area contributed by atoms with Crippen LogP contribution in [-0.2, 0) is 4.79 Å². The molecule has 1 amide bonds. The topological polar surface area (TPSA) is 41.1 Å². The molecule has 0 spiro atoms. The van der Waals surface area contributed by atoms with Crippen LogP contribution < -0.4 is 10.6 Å². The van der Waals surface area contributed by atoms with Gasteiger partial charge in [0.2, 0.25) is 5.91 Å². The Morgan fingerprint density at radius 2 is 1.67 bits per heavy atom. The number of aryl methyl sites for hydroxylation is 1. The molecule has 0 fully saturated rings. The van der Waals surface area contributed by atoms with Crippen LogP contribution in [0.15, 0.2) is 36.4 Å². The van der Waals surface area contributed by atoms with Gasteiger partial charge in [0.05, 0.1) is 6.54 Å². The van der Waals surface area contributed by atoms with Gasteiger partial charge in [-0.05, 0) is 43.2 Å². The normalized spacial score (nSPS) is 10.3. The first-order valence-electron chi connectivity index (χ1n) is 6.53. The number of amides is 1. The molecular formula is C16H16F2N2O. The van der Waals surface area contributed by atoms with Crippen molar-refractivity contribution >= 4 is 17.3 Å². The molecule has 2 N–H and O–H groups in total. The van der Waals surface area contributed by atoms with Crippen molar-refractivity contribution in [3.63, 3.8) is 0 Å². The summed E-state index contributed by atoms with van der Waals surface area (Å²) in [5, 5.41) is 5.19. The fourth-order valence-electron chi connectivity index (χ4n) is 1.92. The molecule has 0 aromatic heterocycles. The minimum absolute atomic E-state index is 0.0714. The number of halogens is 2.